The van der Waals surface area contributed by atoms with Crippen molar-refractivity contribution in [3.8, 4) is 0 Å². The van der Waals surface area contributed by atoms with Crippen LogP contribution in [0.25, 0.3) is 0 Å². The van der Waals surface area contributed by atoms with Crippen LogP contribution in [0.4, 0.5) is 0 Å². The summed E-state index contributed by atoms with van der Waals surface area (Å²) in [6.07, 6.45) is 0. The van der Waals surface area contributed by atoms with Crippen LogP contribution in [0.1, 0.15) is 0 Å². The molecule has 0 aliphatic rings. The topological polar surface area (TPSA) is 0 Å². The molecule has 0 spiro atoms. The molecule has 0 aromatic carbocycles. The maximum atomic E-state index is 2.29. The van der Waals surface area contributed by atoms with Gasteiger partial charge < -0.3 is 0 Å². The zero-order chi connectivity index (χ0) is 4.12. The second kappa shape index (κ2) is 5.04. The van der Waals surface area contributed by atoms with Crippen molar-refractivity contribution in [1.82, 2.24) is 0 Å². The Morgan fingerprint density at radius 3 is 1.60 bits per heavy atom. The molecule has 0 unspecified atom stereocenters. The van der Waals surface area contributed by atoms with E-state index in [1.165, 1.54) is 4.22 Å². The summed E-state index contributed by atoms with van der Waals surface area (Å²) in [6, 6.07) is 0. The molecule has 2 heteroatoms. The fourth-order valence-corrected chi connectivity index (χ4v) is 3.18. The van der Waals surface area contributed by atoms with Gasteiger partial charge in [0.25, 0.3) is 0 Å². The molecule has 0 radical (unpaired) electrons. The van der Waals surface area contributed by atoms with Gasteiger partial charge in [-0.05, 0) is 0 Å². The van der Waals surface area contributed by atoms with Gasteiger partial charge in [-0.25, -0.2) is 0 Å². The Morgan fingerprint density at radius 1 is 1.20 bits per heavy atom. The van der Waals surface area contributed by atoms with Gasteiger partial charge in [0.1, 0.15) is 0 Å². The van der Waals surface area contributed by atoms with Crippen LogP contribution in [0.3, 0.4) is 0 Å². The summed E-state index contributed by atoms with van der Waals surface area (Å²) in [5.74, 6) is 4.58. The van der Waals surface area contributed by atoms with E-state index in [4.69, 9.17) is 0 Å². The van der Waals surface area contributed by atoms with Crippen molar-refractivity contribution < 1.29 is 0 Å². The van der Waals surface area contributed by atoms with Gasteiger partial charge in [0.2, 0.25) is 0 Å². The molecule has 0 bridgehead atoms. The van der Waals surface area contributed by atoms with Crippen LogP contribution in [0.15, 0.2) is 0 Å². The first-order valence-corrected chi connectivity index (χ1v) is 7.24. The molecule has 0 aromatic rings. The number of hydrogen-bond acceptors (Lipinski definition) is 0. The van der Waals surface area contributed by atoms with E-state index in [-0.39, 0.29) is 0 Å². The summed E-state index contributed by atoms with van der Waals surface area (Å²) in [7, 11) is 0. The molecule has 0 saturated heterocycles. The van der Waals surface area contributed by atoms with Gasteiger partial charge in [0.05, 0.1) is 0 Å². The predicted molar refractivity (Wildman–Crippen MR) is 28.0 cm³/mol. The van der Waals surface area contributed by atoms with Crippen molar-refractivity contribution in [3.05, 3.63) is 0 Å². The molecule has 0 atom stereocenters. The van der Waals surface area contributed by atoms with Gasteiger partial charge in [-0.2, -0.15) is 0 Å². The molecule has 0 N–H and O–H groups in total. The first-order chi connectivity index (χ1) is 2.41. The Hall–Kier alpha value is 1.04. The van der Waals surface area contributed by atoms with Gasteiger partial charge in [0.15, 0.2) is 0 Å². The molecule has 0 fully saturated rings. The molecule has 0 aromatic heterocycles. The third-order valence-corrected chi connectivity index (χ3v) is 6.36. The van der Waals surface area contributed by atoms with Crippen molar-refractivity contribution in [2.24, 2.45) is 0 Å². The molecule has 32 valence electrons. The van der Waals surface area contributed by atoms with E-state index in [9.17, 15) is 0 Å². The fraction of sp³-hybridized carbons (Fsp3) is 1.00. The first kappa shape index (κ1) is 6.04. The van der Waals surface area contributed by atoms with Gasteiger partial charge >= 0.3 is 45.8 Å². The zero-order valence-electron chi connectivity index (χ0n) is 3.52. The second-order valence-corrected chi connectivity index (χ2v) is 6.18. The Kier molecular flexibility index (Phi) is 6.09. The first-order valence-electron chi connectivity index (χ1n) is 1.39. The van der Waals surface area contributed by atoms with Gasteiger partial charge in [0, 0.05) is 0 Å². The van der Waals surface area contributed by atoms with Crippen LogP contribution in [-0.4, -0.2) is 29.9 Å². The minimum absolute atomic E-state index is 0.953. The van der Waals surface area contributed by atoms with Crippen molar-refractivity contribution in [2.45, 2.75) is 15.9 Å². The third-order valence-electron chi connectivity index (χ3n) is 0.236. The maximum absolute atomic E-state index is 2.29. The average molecular weight is 202 g/mol. The average Bonchev–Trinajstić information content (AvgIpc) is 1.41. The normalized spacial score (nSPS) is 8.40. The Labute approximate surface area is 46.0 Å². The Bertz CT molecular complexity index is 12.4. The van der Waals surface area contributed by atoms with Gasteiger partial charge in [-0.15, -0.1) is 0 Å². The zero-order valence-corrected chi connectivity index (χ0v) is 6.95. The van der Waals surface area contributed by atoms with E-state index >= 15 is 0 Å². The van der Waals surface area contributed by atoms with Gasteiger partial charge in [-0.3, -0.25) is 0 Å². The molecule has 0 rings (SSSR count). The molecular weight excluding hydrogens is 194 g/mol. The van der Waals surface area contributed by atoms with Crippen molar-refractivity contribution in [1.29, 1.82) is 0 Å². The fourth-order valence-electron chi connectivity index (χ4n) is 0.118. The molecule has 0 amide bonds. The Balaban J connectivity index is 2.19. The van der Waals surface area contributed by atoms with Crippen LogP contribution in [0.2, 0.25) is 15.9 Å². The summed E-state index contributed by atoms with van der Waals surface area (Å²) in [5.41, 5.74) is 0. The van der Waals surface area contributed by atoms with Crippen molar-refractivity contribution in [2.75, 3.05) is 0 Å². The molecule has 5 heavy (non-hydrogen) atoms. The third kappa shape index (κ3) is 5.04. The second-order valence-electron chi connectivity index (χ2n) is 0.695. The molecule has 0 nitrogen and oxygen atoms in total. The van der Waals surface area contributed by atoms with Crippen LogP contribution in [0.5, 0.6) is 0 Å². The van der Waals surface area contributed by atoms with E-state index < -0.39 is 0 Å². The molecule has 0 aliphatic carbocycles. The molecular formula is C3H8Se2. The minimum atomic E-state index is 0.953. The Morgan fingerprint density at radius 2 is 1.60 bits per heavy atom. The summed E-state index contributed by atoms with van der Waals surface area (Å²) in [6.45, 7) is 0. The SMILES string of the molecule is C[Se]C[Se]C. The quantitative estimate of drug-likeness (QED) is 0.582. The van der Waals surface area contributed by atoms with E-state index in [2.05, 4.69) is 11.6 Å². The summed E-state index contributed by atoms with van der Waals surface area (Å²) < 4.78 is 1.51. The van der Waals surface area contributed by atoms with Crippen LogP contribution >= 0.6 is 0 Å². The predicted octanol–water partition coefficient (Wildman–Crippen LogP) is 0.867. The molecule has 0 saturated carbocycles. The summed E-state index contributed by atoms with van der Waals surface area (Å²) >= 11 is 1.91. The van der Waals surface area contributed by atoms with E-state index in [0.717, 1.165) is 29.9 Å². The summed E-state index contributed by atoms with van der Waals surface area (Å²) in [4.78, 5) is 0. The van der Waals surface area contributed by atoms with Crippen LogP contribution < -0.4 is 0 Å². The standard InChI is InChI=1S/C3H8Se2/c1-4-3-5-2/h3H2,1-2H3. The van der Waals surface area contributed by atoms with Crippen LogP contribution in [0, 0.1) is 0 Å². The summed E-state index contributed by atoms with van der Waals surface area (Å²) in [5, 5.41) is 0. The van der Waals surface area contributed by atoms with Crippen molar-refractivity contribution >= 4 is 29.9 Å². The van der Waals surface area contributed by atoms with Crippen LogP contribution in [-0.2, 0) is 0 Å². The molecule has 0 heterocycles. The van der Waals surface area contributed by atoms with E-state index in [1.54, 1.807) is 0 Å². The molecule has 0 aliphatic heterocycles. The number of hydrogen-bond donors (Lipinski definition) is 0. The van der Waals surface area contributed by atoms with E-state index in [1.807, 2.05) is 0 Å². The van der Waals surface area contributed by atoms with Gasteiger partial charge in [-0.1, -0.05) is 0 Å². The van der Waals surface area contributed by atoms with Crippen molar-refractivity contribution in [3.63, 3.8) is 0 Å². The number of rotatable bonds is 2. The monoisotopic (exact) mass is 204 g/mol. The van der Waals surface area contributed by atoms with E-state index in [0.29, 0.717) is 0 Å².